The number of fused-ring (bicyclic) bond motifs is 4. The first-order chi connectivity index (χ1) is 18.0. The van der Waals surface area contributed by atoms with Crippen molar-refractivity contribution in [3.8, 4) is 11.5 Å². The second-order valence-electron chi connectivity index (χ2n) is 9.75. The average Bonchev–Trinajstić information content (AvgIpc) is 3.31. The van der Waals surface area contributed by atoms with Crippen molar-refractivity contribution >= 4 is 17.7 Å². The predicted molar refractivity (Wildman–Crippen MR) is 139 cm³/mol. The molecule has 0 radical (unpaired) electrons. The van der Waals surface area contributed by atoms with Gasteiger partial charge in [-0.2, -0.15) is 0 Å². The summed E-state index contributed by atoms with van der Waals surface area (Å²) in [7, 11) is 0. The van der Waals surface area contributed by atoms with E-state index in [4.69, 9.17) is 9.47 Å². The summed E-state index contributed by atoms with van der Waals surface area (Å²) in [4.78, 5) is 43.0. The van der Waals surface area contributed by atoms with Crippen LogP contribution in [0.1, 0.15) is 72.1 Å². The lowest BCUT2D eigenvalue weighted by atomic mass is 9.75. The quantitative estimate of drug-likeness (QED) is 0.528. The van der Waals surface area contributed by atoms with Gasteiger partial charge in [0.1, 0.15) is 0 Å². The number of nitrogens with zero attached hydrogens (tertiary/aromatic N) is 2. The summed E-state index contributed by atoms with van der Waals surface area (Å²) in [6.07, 6.45) is 2.90. The maximum Gasteiger partial charge on any atom is 0.254 e. The third-order valence-electron chi connectivity index (χ3n) is 7.54. The van der Waals surface area contributed by atoms with Gasteiger partial charge in [0.2, 0.25) is 11.8 Å². The van der Waals surface area contributed by atoms with E-state index >= 15 is 0 Å². The maximum absolute atomic E-state index is 13.8. The minimum Gasteiger partial charge on any atom is -0.490 e. The van der Waals surface area contributed by atoms with Crippen LogP contribution in [0.3, 0.4) is 0 Å². The lowest BCUT2D eigenvalue weighted by Gasteiger charge is -2.45. The normalized spacial score (nSPS) is 20.3. The number of ether oxygens (including phenoxy) is 2. The van der Waals surface area contributed by atoms with Gasteiger partial charge in [0.25, 0.3) is 5.91 Å². The Morgan fingerprint density at radius 1 is 1.00 bits per heavy atom. The smallest absolute Gasteiger partial charge is 0.254 e. The van der Waals surface area contributed by atoms with E-state index in [1.807, 2.05) is 60.0 Å². The van der Waals surface area contributed by atoms with Gasteiger partial charge in [-0.05, 0) is 68.0 Å². The Morgan fingerprint density at radius 2 is 1.76 bits per heavy atom. The Labute approximate surface area is 217 Å². The first-order valence-corrected chi connectivity index (χ1v) is 13.4. The molecule has 8 nitrogen and oxygen atoms in total. The van der Waals surface area contributed by atoms with Crippen molar-refractivity contribution in [1.82, 2.24) is 15.1 Å². The van der Waals surface area contributed by atoms with E-state index in [1.165, 1.54) is 0 Å². The van der Waals surface area contributed by atoms with Crippen LogP contribution in [0.2, 0.25) is 0 Å². The second-order valence-corrected chi connectivity index (χ2v) is 9.75. The summed E-state index contributed by atoms with van der Waals surface area (Å²) in [6.45, 7) is 7.32. The van der Waals surface area contributed by atoms with Crippen LogP contribution in [0, 0.1) is 0 Å². The molecule has 2 aromatic rings. The van der Waals surface area contributed by atoms with Crippen LogP contribution in [-0.4, -0.2) is 66.9 Å². The largest absolute Gasteiger partial charge is 0.490 e. The molecule has 1 fully saturated rings. The molecular formula is C29H35N3O5. The molecule has 0 aromatic heterocycles. The van der Waals surface area contributed by atoms with Crippen molar-refractivity contribution in [3.63, 3.8) is 0 Å². The Morgan fingerprint density at radius 3 is 2.49 bits per heavy atom. The Bertz CT molecular complexity index is 1200. The average molecular weight is 506 g/mol. The SMILES string of the molecule is CCOc1cc2c(cc1OCC)[C@H]1[C@H](C(=O)NCCCN3CCCC3=O)c3ccccc3C(=O)N1CC2. The number of hydrogen-bond acceptors (Lipinski definition) is 5. The lowest BCUT2D eigenvalue weighted by molar-refractivity contribution is -0.127. The van der Waals surface area contributed by atoms with Gasteiger partial charge >= 0.3 is 0 Å². The highest BCUT2D eigenvalue weighted by Gasteiger charge is 2.46. The standard InChI is InChI=1S/C29H35N3O5/c1-3-36-23-17-19-12-16-32-27(22(19)18-24(23)37-4-2)26(20-9-5-6-10-21(20)29(32)35)28(34)30-13-8-15-31-14-7-11-25(31)33/h5-6,9-10,17-18,26-27H,3-4,7-8,11-16H2,1-2H3,(H,30,34)/t26-,27+/m1/s1. The number of nitrogens with one attached hydrogen (secondary N) is 1. The summed E-state index contributed by atoms with van der Waals surface area (Å²) in [6, 6.07) is 11.0. The number of benzene rings is 2. The van der Waals surface area contributed by atoms with E-state index in [0.29, 0.717) is 69.2 Å². The van der Waals surface area contributed by atoms with E-state index in [2.05, 4.69) is 5.32 Å². The van der Waals surface area contributed by atoms with Gasteiger partial charge in [0.15, 0.2) is 11.5 Å². The molecular weight excluding hydrogens is 470 g/mol. The molecule has 2 atom stereocenters. The van der Waals surface area contributed by atoms with Crippen LogP contribution in [0.5, 0.6) is 11.5 Å². The van der Waals surface area contributed by atoms with Crippen LogP contribution in [0.4, 0.5) is 0 Å². The fourth-order valence-corrected chi connectivity index (χ4v) is 5.89. The second kappa shape index (κ2) is 10.8. The van der Waals surface area contributed by atoms with Gasteiger partial charge in [0.05, 0.1) is 25.2 Å². The molecule has 0 unspecified atom stereocenters. The molecule has 2 aromatic carbocycles. The molecule has 1 saturated heterocycles. The van der Waals surface area contributed by atoms with E-state index in [0.717, 1.165) is 29.7 Å². The highest BCUT2D eigenvalue weighted by molar-refractivity contribution is 6.01. The van der Waals surface area contributed by atoms with E-state index in [1.54, 1.807) is 0 Å². The van der Waals surface area contributed by atoms with E-state index in [-0.39, 0.29) is 17.7 Å². The van der Waals surface area contributed by atoms with Gasteiger partial charge in [0, 0.05) is 38.2 Å². The van der Waals surface area contributed by atoms with Crippen molar-refractivity contribution in [2.75, 3.05) is 39.4 Å². The Balaban J connectivity index is 1.46. The minimum absolute atomic E-state index is 0.0466. The zero-order chi connectivity index (χ0) is 25.9. The van der Waals surface area contributed by atoms with Crippen LogP contribution in [-0.2, 0) is 16.0 Å². The van der Waals surface area contributed by atoms with Crippen molar-refractivity contribution in [1.29, 1.82) is 0 Å². The highest BCUT2D eigenvalue weighted by Crippen LogP contribution is 2.48. The number of rotatable bonds is 9. The molecule has 3 heterocycles. The molecule has 0 bridgehead atoms. The molecule has 0 spiro atoms. The van der Waals surface area contributed by atoms with E-state index < -0.39 is 12.0 Å². The molecule has 5 rings (SSSR count). The van der Waals surface area contributed by atoms with Gasteiger partial charge in [-0.3, -0.25) is 14.4 Å². The van der Waals surface area contributed by atoms with Gasteiger partial charge in [-0.1, -0.05) is 18.2 Å². The fraction of sp³-hybridized carbons (Fsp3) is 0.483. The highest BCUT2D eigenvalue weighted by atomic mass is 16.5. The van der Waals surface area contributed by atoms with Crippen LogP contribution in [0.25, 0.3) is 0 Å². The van der Waals surface area contributed by atoms with Crippen molar-refractivity contribution in [3.05, 3.63) is 58.7 Å². The predicted octanol–water partition coefficient (Wildman–Crippen LogP) is 3.45. The molecule has 0 aliphatic carbocycles. The Hall–Kier alpha value is -3.55. The summed E-state index contributed by atoms with van der Waals surface area (Å²) in [5.41, 5.74) is 3.34. The summed E-state index contributed by atoms with van der Waals surface area (Å²) in [5, 5.41) is 3.11. The van der Waals surface area contributed by atoms with Gasteiger partial charge in [-0.15, -0.1) is 0 Å². The van der Waals surface area contributed by atoms with E-state index in [9.17, 15) is 14.4 Å². The van der Waals surface area contributed by atoms with Gasteiger partial charge in [-0.25, -0.2) is 0 Å². The first kappa shape index (κ1) is 25.1. The monoisotopic (exact) mass is 505 g/mol. The fourth-order valence-electron chi connectivity index (χ4n) is 5.89. The molecule has 0 saturated carbocycles. The molecule has 8 heteroatoms. The number of likely N-dealkylation sites (tertiary alicyclic amines) is 1. The third-order valence-corrected chi connectivity index (χ3v) is 7.54. The van der Waals surface area contributed by atoms with Gasteiger partial charge < -0.3 is 24.6 Å². The topological polar surface area (TPSA) is 88.2 Å². The molecule has 196 valence electrons. The number of carbonyl (C=O) groups excluding carboxylic acids is 3. The minimum atomic E-state index is -0.547. The van der Waals surface area contributed by atoms with Crippen LogP contribution in [0.15, 0.2) is 36.4 Å². The molecule has 3 aliphatic heterocycles. The summed E-state index contributed by atoms with van der Waals surface area (Å²) < 4.78 is 11.7. The zero-order valence-corrected chi connectivity index (χ0v) is 21.6. The van der Waals surface area contributed by atoms with Crippen LogP contribution >= 0.6 is 0 Å². The number of amides is 3. The molecule has 37 heavy (non-hydrogen) atoms. The number of hydrogen-bond donors (Lipinski definition) is 1. The van der Waals surface area contributed by atoms with Crippen molar-refractivity contribution in [2.45, 2.75) is 51.5 Å². The summed E-state index contributed by atoms with van der Waals surface area (Å²) >= 11 is 0. The Kier molecular flexibility index (Phi) is 7.35. The first-order valence-electron chi connectivity index (χ1n) is 13.4. The number of carbonyl (C=O) groups is 3. The summed E-state index contributed by atoms with van der Waals surface area (Å²) in [5.74, 6) is 0.810. The van der Waals surface area contributed by atoms with Crippen LogP contribution < -0.4 is 14.8 Å². The molecule has 1 N–H and O–H groups in total. The third kappa shape index (κ3) is 4.77. The maximum atomic E-state index is 13.8. The molecule has 3 amide bonds. The lowest BCUT2D eigenvalue weighted by Crippen LogP contribution is -2.50. The van der Waals surface area contributed by atoms with Crippen molar-refractivity contribution in [2.24, 2.45) is 0 Å². The molecule has 3 aliphatic rings. The zero-order valence-electron chi connectivity index (χ0n) is 21.6. The van der Waals surface area contributed by atoms with Crippen molar-refractivity contribution < 1.29 is 23.9 Å².